The van der Waals surface area contributed by atoms with E-state index in [9.17, 15) is 14.7 Å². The zero-order valence-corrected chi connectivity index (χ0v) is 20.8. The van der Waals surface area contributed by atoms with E-state index >= 15 is 0 Å². The number of aromatic hydroxyl groups is 1. The number of aromatic nitrogens is 2. The van der Waals surface area contributed by atoms with E-state index in [1.807, 2.05) is 20.8 Å². The summed E-state index contributed by atoms with van der Waals surface area (Å²) in [4.78, 5) is 24.6. The molecular formula is C27H30N2O6. The number of carbonyl (C=O) groups excluding carboxylic acids is 2. The highest BCUT2D eigenvalue weighted by Gasteiger charge is 2.22. The maximum atomic E-state index is 12.5. The van der Waals surface area contributed by atoms with Gasteiger partial charge in [0.15, 0.2) is 5.78 Å². The number of carbonyl (C=O) groups is 2. The van der Waals surface area contributed by atoms with E-state index in [-0.39, 0.29) is 29.1 Å². The van der Waals surface area contributed by atoms with Gasteiger partial charge in [-0.2, -0.15) is 5.10 Å². The molecule has 184 valence electrons. The number of ether oxygens (including phenoxy) is 3. The van der Waals surface area contributed by atoms with Crippen molar-refractivity contribution in [3.8, 4) is 28.5 Å². The number of hydrogen-bond donors (Lipinski definition) is 1. The van der Waals surface area contributed by atoms with Gasteiger partial charge in [0.25, 0.3) is 0 Å². The quantitative estimate of drug-likeness (QED) is 0.350. The summed E-state index contributed by atoms with van der Waals surface area (Å²) in [5.41, 5.74) is 2.57. The average Bonchev–Trinajstić information content (AvgIpc) is 2.83. The molecule has 0 amide bonds. The lowest BCUT2D eigenvalue weighted by atomic mass is 9.87. The van der Waals surface area contributed by atoms with Gasteiger partial charge in [0.2, 0.25) is 0 Å². The number of phenols is 1. The predicted molar refractivity (Wildman–Crippen MR) is 131 cm³/mol. The largest absolute Gasteiger partial charge is 0.507 e. The molecule has 3 rings (SSSR count). The van der Waals surface area contributed by atoms with E-state index in [1.54, 1.807) is 49.4 Å². The molecule has 1 heterocycles. The number of phenolic OH excluding ortho intramolecular Hbond substituents is 1. The lowest BCUT2D eigenvalue weighted by Crippen LogP contribution is -2.13. The molecule has 0 aliphatic heterocycles. The van der Waals surface area contributed by atoms with E-state index in [0.29, 0.717) is 46.0 Å². The van der Waals surface area contributed by atoms with Crippen molar-refractivity contribution in [1.29, 1.82) is 0 Å². The van der Waals surface area contributed by atoms with Crippen molar-refractivity contribution in [2.75, 3.05) is 14.2 Å². The summed E-state index contributed by atoms with van der Waals surface area (Å²) >= 11 is 0. The van der Waals surface area contributed by atoms with Crippen LogP contribution < -0.4 is 9.47 Å². The Kier molecular flexibility index (Phi) is 7.74. The van der Waals surface area contributed by atoms with Gasteiger partial charge in [0, 0.05) is 17.5 Å². The Balaban J connectivity index is 1.76. The Bertz CT molecular complexity index is 1230. The molecule has 0 saturated heterocycles. The molecule has 2 aromatic carbocycles. The number of Topliss-reactive ketones (excluding diaryl/α,β-unsaturated/α-hetero) is 1. The molecule has 8 nitrogen and oxygen atoms in total. The Morgan fingerprint density at radius 3 is 2.31 bits per heavy atom. The summed E-state index contributed by atoms with van der Waals surface area (Å²) in [6.07, 6.45) is 0.329. The molecular weight excluding hydrogens is 448 g/mol. The monoisotopic (exact) mass is 478 g/mol. The number of esters is 1. The van der Waals surface area contributed by atoms with Gasteiger partial charge in [-0.3, -0.25) is 4.79 Å². The van der Waals surface area contributed by atoms with Gasteiger partial charge in [-0.25, -0.2) is 4.79 Å². The molecule has 0 unspecified atom stereocenters. The highest BCUT2D eigenvalue weighted by Crippen LogP contribution is 2.34. The molecule has 0 atom stereocenters. The van der Waals surface area contributed by atoms with Crippen LogP contribution in [-0.4, -0.2) is 41.3 Å². The molecule has 0 aliphatic rings. The molecule has 3 aromatic rings. The fraction of sp³-hybridized carbons (Fsp3) is 0.333. The van der Waals surface area contributed by atoms with E-state index in [0.717, 1.165) is 0 Å². The summed E-state index contributed by atoms with van der Waals surface area (Å²) in [6.45, 7) is 7.75. The van der Waals surface area contributed by atoms with E-state index in [4.69, 9.17) is 14.2 Å². The molecule has 0 bridgehead atoms. The summed E-state index contributed by atoms with van der Waals surface area (Å²) in [6, 6.07) is 11.9. The first-order valence-corrected chi connectivity index (χ1v) is 11.1. The number of hydrogen-bond acceptors (Lipinski definition) is 8. The van der Waals surface area contributed by atoms with Gasteiger partial charge >= 0.3 is 5.97 Å². The molecule has 0 spiro atoms. The lowest BCUT2D eigenvalue weighted by molar-refractivity contribution is 0.0597. The van der Waals surface area contributed by atoms with E-state index in [2.05, 4.69) is 10.2 Å². The average molecular weight is 479 g/mol. The maximum absolute atomic E-state index is 12.5. The maximum Gasteiger partial charge on any atom is 0.341 e. The smallest absolute Gasteiger partial charge is 0.341 e. The van der Waals surface area contributed by atoms with Crippen LogP contribution in [0.2, 0.25) is 0 Å². The van der Waals surface area contributed by atoms with Crippen molar-refractivity contribution in [2.45, 2.75) is 40.7 Å². The Morgan fingerprint density at radius 1 is 0.971 bits per heavy atom. The highest BCUT2D eigenvalue weighted by atomic mass is 16.5. The minimum atomic E-state index is -0.508. The number of para-hydroxylation sites is 1. The molecule has 0 radical (unpaired) electrons. The second-order valence-electron chi connectivity index (χ2n) is 9.32. The fourth-order valence-electron chi connectivity index (χ4n) is 3.60. The fourth-order valence-corrected chi connectivity index (χ4v) is 3.60. The normalized spacial score (nSPS) is 11.1. The Labute approximate surface area is 204 Å². The zero-order chi connectivity index (χ0) is 25.8. The molecule has 0 fully saturated rings. The third-order valence-corrected chi connectivity index (χ3v) is 5.37. The third-order valence-electron chi connectivity index (χ3n) is 5.37. The molecule has 8 heteroatoms. The molecule has 35 heavy (non-hydrogen) atoms. The Hall–Kier alpha value is -3.94. The minimum absolute atomic E-state index is 0.0734. The van der Waals surface area contributed by atoms with Gasteiger partial charge < -0.3 is 19.3 Å². The molecule has 1 aromatic heterocycles. The first kappa shape index (κ1) is 25.7. The van der Waals surface area contributed by atoms with Gasteiger partial charge in [-0.15, -0.1) is 5.10 Å². The summed E-state index contributed by atoms with van der Waals surface area (Å²) in [5, 5.41) is 19.0. The van der Waals surface area contributed by atoms with Crippen LogP contribution in [0.1, 0.15) is 59.2 Å². The number of rotatable bonds is 8. The van der Waals surface area contributed by atoms with Crippen LogP contribution in [0.5, 0.6) is 17.2 Å². The van der Waals surface area contributed by atoms with Crippen molar-refractivity contribution in [3.05, 3.63) is 64.8 Å². The van der Waals surface area contributed by atoms with E-state index < -0.39 is 5.97 Å². The van der Waals surface area contributed by atoms with Crippen molar-refractivity contribution >= 4 is 11.8 Å². The first-order chi connectivity index (χ1) is 16.6. The second-order valence-corrected chi connectivity index (χ2v) is 9.32. The van der Waals surface area contributed by atoms with Crippen LogP contribution in [0, 0.1) is 12.3 Å². The number of methoxy groups -OCH3 is 2. The van der Waals surface area contributed by atoms with Crippen LogP contribution in [0.25, 0.3) is 11.3 Å². The third kappa shape index (κ3) is 5.95. The van der Waals surface area contributed by atoms with Gasteiger partial charge in [-0.05, 0) is 48.7 Å². The van der Waals surface area contributed by atoms with Crippen LogP contribution >= 0.6 is 0 Å². The van der Waals surface area contributed by atoms with Gasteiger partial charge in [0.1, 0.15) is 35.1 Å². The molecule has 0 saturated carbocycles. The summed E-state index contributed by atoms with van der Waals surface area (Å²) in [7, 11) is 2.78. The summed E-state index contributed by atoms with van der Waals surface area (Å²) < 4.78 is 16.1. The predicted octanol–water partition coefficient (Wildman–Crippen LogP) is 5.15. The lowest BCUT2D eigenvalue weighted by Gasteiger charge is -2.18. The second kappa shape index (κ2) is 10.5. The van der Waals surface area contributed by atoms with Gasteiger partial charge in [0.05, 0.1) is 25.5 Å². The minimum Gasteiger partial charge on any atom is -0.507 e. The van der Waals surface area contributed by atoms with Crippen LogP contribution in [0.3, 0.4) is 0 Å². The number of ketones is 1. The summed E-state index contributed by atoms with van der Waals surface area (Å²) in [5.74, 6) is 0.109. The van der Waals surface area contributed by atoms with Crippen LogP contribution in [-0.2, 0) is 11.3 Å². The number of nitrogens with zero attached hydrogens (tertiary/aromatic N) is 2. The van der Waals surface area contributed by atoms with Gasteiger partial charge in [-0.1, -0.05) is 26.8 Å². The van der Waals surface area contributed by atoms with Crippen molar-refractivity contribution < 1.29 is 28.9 Å². The molecule has 1 N–H and O–H groups in total. The number of benzene rings is 2. The topological polar surface area (TPSA) is 108 Å². The molecule has 0 aliphatic carbocycles. The first-order valence-electron chi connectivity index (χ1n) is 11.1. The standard InChI is InChI=1S/C27H30N2O6/c1-16-23(13-11-19(24(16)31)22(30)14-27(2,3)4)35-15-17-10-12-21(29-28-17)18-8-7-9-20(25(18)33-5)26(32)34-6/h7-13,31H,14-15H2,1-6H3. The van der Waals surface area contributed by atoms with Crippen molar-refractivity contribution in [2.24, 2.45) is 5.41 Å². The Morgan fingerprint density at radius 2 is 1.71 bits per heavy atom. The van der Waals surface area contributed by atoms with Crippen LogP contribution in [0.4, 0.5) is 0 Å². The van der Waals surface area contributed by atoms with E-state index in [1.165, 1.54) is 14.2 Å². The highest BCUT2D eigenvalue weighted by molar-refractivity contribution is 5.99. The van der Waals surface area contributed by atoms with Crippen molar-refractivity contribution in [3.63, 3.8) is 0 Å². The SMILES string of the molecule is COC(=O)c1cccc(-c2ccc(COc3ccc(C(=O)CC(C)(C)C)c(O)c3C)nn2)c1OC. The zero-order valence-electron chi connectivity index (χ0n) is 20.8. The van der Waals surface area contributed by atoms with Crippen LogP contribution in [0.15, 0.2) is 42.5 Å². The van der Waals surface area contributed by atoms with Crippen molar-refractivity contribution in [1.82, 2.24) is 10.2 Å².